The van der Waals surface area contributed by atoms with Crippen LogP contribution in [0.25, 0.3) is 0 Å². The van der Waals surface area contributed by atoms with Crippen molar-refractivity contribution in [3.63, 3.8) is 0 Å². The number of hydrogen-bond acceptors (Lipinski definition) is 2. The topological polar surface area (TPSA) is 70.2 Å². The molecule has 0 saturated heterocycles. The van der Waals surface area contributed by atoms with Crippen LogP contribution in [0.3, 0.4) is 0 Å². The Labute approximate surface area is 155 Å². The number of nitrogens with one attached hydrogen (secondary N) is 3. The summed E-state index contributed by atoms with van der Waals surface area (Å²) in [6.45, 7) is 3.39. The third kappa shape index (κ3) is 3.41. The molecular formula is C19H17ClFN3O2. The van der Waals surface area contributed by atoms with Crippen molar-refractivity contribution in [3.05, 3.63) is 75.7 Å². The summed E-state index contributed by atoms with van der Waals surface area (Å²) in [4.78, 5) is 24.8. The van der Waals surface area contributed by atoms with Gasteiger partial charge in [0.05, 0.1) is 11.6 Å². The molecule has 2 aromatic carbocycles. The summed E-state index contributed by atoms with van der Waals surface area (Å²) < 4.78 is 14.3. The minimum atomic E-state index is -0.899. The summed E-state index contributed by atoms with van der Waals surface area (Å²) >= 11 is 6.09. The second kappa shape index (κ2) is 7.17. The standard InChI is InChI=1S/C19H17ClFN3O2/c1-10-13(20)7-5-9-15(10)23-18(25)16-11(2)22-19(26)24-17(16)12-6-3-4-8-14(12)21/h3-9,17H,1-2H3,(H,23,25)(H2,22,24,26)/t17-/m1/s1. The van der Waals surface area contributed by atoms with Crippen molar-refractivity contribution in [2.45, 2.75) is 19.9 Å². The van der Waals surface area contributed by atoms with Gasteiger partial charge >= 0.3 is 6.03 Å². The van der Waals surface area contributed by atoms with Gasteiger partial charge in [-0.1, -0.05) is 35.9 Å². The van der Waals surface area contributed by atoms with Crippen LogP contribution >= 0.6 is 11.6 Å². The summed E-state index contributed by atoms with van der Waals surface area (Å²) in [5.74, 6) is -0.953. The number of anilines is 1. The molecule has 2 aromatic rings. The van der Waals surface area contributed by atoms with Gasteiger partial charge in [-0.3, -0.25) is 4.79 Å². The van der Waals surface area contributed by atoms with Crippen LogP contribution in [0, 0.1) is 12.7 Å². The maximum atomic E-state index is 14.3. The van der Waals surface area contributed by atoms with Crippen LogP contribution in [-0.4, -0.2) is 11.9 Å². The van der Waals surface area contributed by atoms with E-state index in [1.807, 2.05) is 0 Å². The molecule has 7 heteroatoms. The molecule has 3 amide bonds. The lowest BCUT2D eigenvalue weighted by molar-refractivity contribution is -0.113. The van der Waals surface area contributed by atoms with Crippen molar-refractivity contribution in [3.8, 4) is 0 Å². The number of halogens is 2. The third-order valence-corrected chi connectivity index (χ3v) is 4.66. The van der Waals surface area contributed by atoms with E-state index in [4.69, 9.17) is 11.6 Å². The van der Waals surface area contributed by atoms with Crippen molar-refractivity contribution >= 4 is 29.2 Å². The molecule has 0 bridgehead atoms. The van der Waals surface area contributed by atoms with E-state index in [1.165, 1.54) is 12.1 Å². The maximum absolute atomic E-state index is 14.3. The average Bonchev–Trinajstić information content (AvgIpc) is 2.58. The zero-order chi connectivity index (χ0) is 18.8. The first kappa shape index (κ1) is 17.9. The third-order valence-electron chi connectivity index (χ3n) is 4.25. The molecule has 1 heterocycles. The van der Waals surface area contributed by atoms with Crippen molar-refractivity contribution in [2.75, 3.05) is 5.32 Å². The van der Waals surface area contributed by atoms with Gasteiger partial charge in [-0.15, -0.1) is 0 Å². The quantitative estimate of drug-likeness (QED) is 0.759. The van der Waals surface area contributed by atoms with Gasteiger partial charge in [-0.05, 0) is 37.6 Å². The van der Waals surface area contributed by atoms with Gasteiger partial charge in [0.1, 0.15) is 5.82 Å². The first-order chi connectivity index (χ1) is 12.4. The van der Waals surface area contributed by atoms with E-state index in [-0.39, 0.29) is 11.1 Å². The van der Waals surface area contributed by atoms with Crippen LogP contribution < -0.4 is 16.0 Å². The molecule has 134 valence electrons. The molecule has 3 N–H and O–H groups in total. The Morgan fingerprint density at radius 1 is 1.15 bits per heavy atom. The molecular weight excluding hydrogens is 357 g/mol. The average molecular weight is 374 g/mol. The van der Waals surface area contributed by atoms with E-state index in [2.05, 4.69) is 16.0 Å². The summed E-state index contributed by atoms with van der Waals surface area (Å²) in [5, 5.41) is 8.49. The van der Waals surface area contributed by atoms with Crippen LogP contribution in [0.2, 0.25) is 5.02 Å². The fraction of sp³-hybridized carbons (Fsp3) is 0.158. The molecule has 0 spiro atoms. The second-order valence-corrected chi connectivity index (χ2v) is 6.37. The van der Waals surface area contributed by atoms with Gasteiger partial charge in [0, 0.05) is 22.0 Å². The zero-order valence-corrected chi connectivity index (χ0v) is 14.9. The van der Waals surface area contributed by atoms with Crippen LogP contribution in [0.4, 0.5) is 14.9 Å². The molecule has 26 heavy (non-hydrogen) atoms. The molecule has 0 unspecified atom stereocenters. The van der Waals surface area contributed by atoms with Gasteiger partial charge in [0.2, 0.25) is 0 Å². The normalized spacial score (nSPS) is 16.8. The first-order valence-electron chi connectivity index (χ1n) is 7.97. The summed E-state index contributed by atoms with van der Waals surface area (Å²) in [7, 11) is 0. The second-order valence-electron chi connectivity index (χ2n) is 5.96. The van der Waals surface area contributed by atoms with Crippen molar-refractivity contribution in [1.82, 2.24) is 10.6 Å². The summed E-state index contributed by atoms with van der Waals surface area (Å²) in [5.41, 5.74) is 2.07. The minimum Gasteiger partial charge on any atom is -0.327 e. The number of amides is 3. The van der Waals surface area contributed by atoms with E-state index in [0.29, 0.717) is 16.4 Å². The fourth-order valence-electron chi connectivity index (χ4n) is 2.87. The zero-order valence-electron chi connectivity index (χ0n) is 14.2. The Balaban J connectivity index is 2.00. The van der Waals surface area contributed by atoms with Gasteiger partial charge < -0.3 is 16.0 Å². The van der Waals surface area contributed by atoms with Gasteiger partial charge in [0.25, 0.3) is 5.91 Å². The predicted octanol–water partition coefficient (Wildman–Crippen LogP) is 4.05. The molecule has 0 aliphatic carbocycles. The van der Waals surface area contributed by atoms with Crippen LogP contribution in [0.5, 0.6) is 0 Å². The lowest BCUT2D eigenvalue weighted by Crippen LogP contribution is -2.46. The Hall–Kier alpha value is -2.86. The van der Waals surface area contributed by atoms with Gasteiger partial charge in [0.15, 0.2) is 0 Å². The molecule has 0 fully saturated rings. The van der Waals surface area contributed by atoms with Crippen LogP contribution in [0.1, 0.15) is 24.1 Å². The lowest BCUT2D eigenvalue weighted by atomic mass is 9.94. The smallest absolute Gasteiger partial charge is 0.319 e. The van der Waals surface area contributed by atoms with E-state index in [9.17, 15) is 14.0 Å². The highest BCUT2D eigenvalue weighted by atomic mass is 35.5. The lowest BCUT2D eigenvalue weighted by Gasteiger charge is -2.29. The Bertz CT molecular complexity index is 927. The Kier molecular flexibility index (Phi) is 4.95. The monoisotopic (exact) mass is 373 g/mol. The molecule has 0 saturated carbocycles. The number of carbonyl (C=O) groups excluding carboxylic acids is 2. The first-order valence-corrected chi connectivity index (χ1v) is 8.35. The fourth-order valence-corrected chi connectivity index (χ4v) is 3.04. The van der Waals surface area contributed by atoms with Crippen molar-refractivity contribution in [1.29, 1.82) is 0 Å². The molecule has 3 rings (SSSR count). The molecule has 5 nitrogen and oxygen atoms in total. The number of hydrogen-bond donors (Lipinski definition) is 3. The molecule has 1 aliphatic heterocycles. The Morgan fingerprint density at radius 3 is 2.62 bits per heavy atom. The largest absolute Gasteiger partial charge is 0.327 e. The van der Waals surface area contributed by atoms with Gasteiger partial charge in [-0.25, -0.2) is 9.18 Å². The molecule has 1 atom stereocenters. The summed E-state index contributed by atoms with van der Waals surface area (Å²) in [6, 6.07) is 9.80. The molecule has 1 aliphatic rings. The van der Waals surface area contributed by atoms with E-state index >= 15 is 0 Å². The predicted molar refractivity (Wildman–Crippen MR) is 98.3 cm³/mol. The number of benzene rings is 2. The van der Waals surface area contributed by atoms with Crippen LogP contribution in [0.15, 0.2) is 53.7 Å². The molecule has 0 radical (unpaired) electrons. The van der Waals surface area contributed by atoms with Crippen molar-refractivity contribution in [2.24, 2.45) is 0 Å². The summed E-state index contributed by atoms with van der Waals surface area (Å²) in [6.07, 6.45) is 0. The highest BCUT2D eigenvalue weighted by Gasteiger charge is 2.32. The highest BCUT2D eigenvalue weighted by molar-refractivity contribution is 6.31. The number of allylic oxidation sites excluding steroid dienone is 1. The van der Waals surface area contributed by atoms with E-state index in [0.717, 1.165) is 5.56 Å². The number of rotatable bonds is 3. The van der Waals surface area contributed by atoms with E-state index < -0.39 is 23.8 Å². The van der Waals surface area contributed by atoms with Crippen LogP contribution in [-0.2, 0) is 4.79 Å². The van der Waals surface area contributed by atoms with E-state index in [1.54, 1.807) is 44.2 Å². The number of urea groups is 1. The van der Waals surface area contributed by atoms with Crippen molar-refractivity contribution < 1.29 is 14.0 Å². The van der Waals surface area contributed by atoms with Gasteiger partial charge in [-0.2, -0.15) is 0 Å². The number of carbonyl (C=O) groups is 2. The maximum Gasteiger partial charge on any atom is 0.319 e. The molecule has 0 aromatic heterocycles. The minimum absolute atomic E-state index is 0.217. The SMILES string of the molecule is CC1=C(C(=O)Nc2cccc(Cl)c2C)[C@@H](c2ccccc2F)NC(=O)N1. The Morgan fingerprint density at radius 2 is 1.88 bits per heavy atom. The highest BCUT2D eigenvalue weighted by Crippen LogP contribution is 2.30.